The molecule has 0 fully saturated rings. The molecule has 112 valence electrons. The molecular weight excluding hydrogens is 262 g/mol. The summed E-state index contributed by atoms with van der Waals surface area (Å²) in [7, 11) is 1.74. The molecule has 1 aromatic heterocycles. The highest BCUT2D eigenvalue weighted by molar-refractivity contribution is 5.35. The van der Waals surface area contributed by atoms with Crippen molar-refractivity contribution in [1.82, 2.24) is 9.55 Å². The Labute approximate surface area is 126 Å². The van der Waals surface area contributed by atoms with Crippen molar-refractivity contribution in [2.75, 3.05) is 19.0 Å². The Bertz CT molecular complexity index is 579. The van der Waals surface area contributed by atoms with Crippen LogP contribution in [0.3, 0.4) is 0 Å². The summed E-state index contributed by atoms with van der Waals surface area (Å²) in [6, 6.07) is 9.23. The van der Waals surface area contributed by atoms with Crippen molar-refractivity contribution in [3.05, 3.63) is 47.8 Å². The van der Waals surface area contributed by atoms with Crippen LogP contribution in [0.4, 0.5) is 5.95 Å². The lowest BCUT2D eigenvalue weighted by Gasteiger charge is -2.26. The predicted octanol–water partition coefficient (Wildman–Crippen LogP) is 2.89. The lowest BCUT2D eigenvalue weighted by atomic mass is 9.88. The number of aromatic nitrogens is 2. The zero-order chi connectivity index (χ0) is 14.5. The third kappa shape index (κ3) is 3.45. The lowest BCUT2D eigenvalue weighted by molar-refractivity contribution is 0.190. The van der Waals surface area contributed by atoms with Crippen molar-refractivity contribution in [3.8, 4) is 0 Å². The Balaban J connectivity index is 1.62. The number of aryl methyl sites for hydroxylation is 2. The highest BCUT2D eigenvalue weighted by Crippen LogP contribution is 2.23. The highest BCUT2D eigenvalue weighted by Gasteiger charge is 2.19. The van der Waals surface area contributed by atoms with Crippen LogP contribution in [-0.2, 0) is 24.1 Å². The first-order valence-electron chi connectivity index (χ1n) is 7.70. The van der Waals surface area contributed by atoms with Crippen LogP contribution in [-0.4, -0.2) is 29.3 Å². The largest absolute Gasteiger partial charge is 0.385 e. The maximum absolute atomic E-state index is 5.11. The molecule has 1 aliphatic rings. The lowest BCUT2D eigenvalue weighted by Crippen LogP contribution is -2.28. The molecule has 0 amide bonds. The second kappa shape index (κ2) is 6.76. The van der Waals surface area contributed by atoms with Gasteiger partial charge < -0.3 is 14.6 Å². The third-order valence-corrected chi connectivity index (χ3v) is 4.14. The highest BCUT2D eigenvalue weighted by atomic mass is 16.5. The summed E-state index contributed by atoms with van der Waals surface area (Å²) >= 11 is 0. The summed E-state index contributed by atoms with van der Waals surface area (Å²) in [5.41, 5.74) is 2.97. The molecule has 21 heavy (non-hydrogen) atoms. The van der Waals surface area contributed by atoms with Crippen LogP contribution < -0.4 is 5.32 Å². The van der Waals surface area contributed by atoms with Crippen LogP contribution >= 0.6 is 0 Å². The molecule has 1 unspecified atom stereocenters. The van der Waals surface area contributed by atoms with Gasteiger partial charge in [0, 0.05) is 38.7 Å². The molecule has 1 heterocycles. The molecule has 0 saturated carbocycles. The minimum atomic E-state index is 0.475. The van der Waals surface area contributed by atoms with Crippen LogP contribution in [0.5, 0.6) is 0 Å². The van der Waals surface area contributed by atoms with E-state index in [9.17, 15) is 0 Å². The maximum atomic E-state index is 5.11. The predicted molar refractivity (Wildman–Crippen MR) is 84.6 cm³/mol. The van der Waals surface area contributed by atoms with Gasteiger partial charge in [0.2, 0.25) is 5.95 Å². The van der Waals surface area contributed by atoms with Gasteiger partial charge in [0.1, 0.15) is 0 Å². The number of imidazole rings is 1. The van der Waals surface area contributed by atoms with Gasteiger partial charge in [-0.25, -0.2) is 4.98 Å². The van der Waals surface area contributed by atoms with E-state index in [1.54, 1.807) is 7.11 Å². The topological polar surface area (TPSA) is 39.1 Å². The first-order valence-corrected chi connectivity index (χ1v) is 7.70. The van der Waals surface area contributed by atoms with Gasteiger partial charge in [-0.05, 0) is 36.8 Å². The van der Waals surface area contributed by atoms with E-state index < -0.39 is 0 Å². The molecule has 1 N–H and O–H groups in total. The molecule has 4 nitrogen and oxygen atoms in total. The molecule has 0 saturated heterocycles. The number of nitrogens with one attached hydrogen (secondary N) is 1. The van der Waals surface area contributed by atoms with E-state index in [-0.39, 0.29) is 0 Å². The molecule has 1 aromatic carbocycles. The van der Waals surface area contributed by atoms with Gasteiger partial charge in [0.15, 0.2) is 0 Å². The molecule has 1 aliphatic carbocycles. The maximum Gasteiger partial charge on any atom is 0.202 e. The van der Waals surface area contributed by atoms with Gasteiger partial charge in [-0.15, -0.1) is 0 Å². The minimum absolute atomic E-state index is 0.475. The number of methoxy groups -OCH3 is 1. The number of fused-ring (bicyclic) bond motifs is 1. The normalized spacial score (nSPS) is 17.5. The minimum Gasteiger partial charge on any atom is -0.385 e. The number of nitrogens with zero attached hydrogens (tertiary/aromatic N) is 2. The summed E-state index contributed by atoms with van der Waals surface area (Å²) in [6.07, 6.45) is 8.32. The first kappa shape index (κ1) is 14.1. The number of rotatable bonds is 6. The van der Waals surface area contributed by atoms with Crippen molar-refractivity contribution in [3.63, 3.8) is 0 Å². The summed E-state index contributed by atoms with van der Waals surface area (Å²) in [5, 5.41) is 3.61. The molecule has 0 radical (unpaired) electrons. The monoisotopic (exact) mass is 285 g/mol. The van der Waals surface area contributed by atoms with Gasteiger partial charge in [-0.1, -0.05) is 24.3 Å². The Morgan fingerprint density at radius 2 is 2.19 bits per heavy atom. The van der Waals surface area contributed by atoms with Crippen molar-refractivity contribution >= 4 is 5.95 Å². The van der Waals surface area contributed by atoms with Gasteiger partial charge >= 0.3 is 0 Å². The fourth-order valence-corrected chi connectivity index (χ4v) is 3.01. The zero-order valence-corrected chi connectivity index (χ0v) is 12.6. The van der Waals surface area contributed by atoms with Gasteiger partial charge in [-0.3, -0.25) is 0 Å². The van der Waals surface area contributed by atoms with Crippen LogP contribution in [0, 0.1) is 0 Å². The molecule has 4 heteroatoms. The van der Waals surface area contributed by atoms with Crippen LogP contribution in [0.15, 0.2) is 36.7 Å². The molecule has 0 aliphatic heterocycles. The third-order valence-electron chi connectivity index (χ3n) is 4.14. The molecule has 2 aromatic rings. The Hall–Kier alpha value is -1.81. The molecular formula is C17H23N3O. The van der Waals surface area contributed by atoms with Crippen LogP contribution in [0.1, 0.15) is 24.0 Å². The smallest absolute Gasteiger partial charge is 0.202 e. The number of hydrogen-bond donors (Lipinski definition) is 1. The second-order valence-corrected chi connectivity index (χ2v) is 5.64. The number of benzene rings is 1. The summed E-state index contributed by atoms with van der Waals surface area (Å²) in [5.74, 6) is 0.982. The zero-order valence-electron chi connectivity index (χ0n) is 12.6. The van der Waals surface area contributed by atoms with Crippen LogP contribution in [0.25, 0.3) is 0 Å². The van der Waals surface area contributed by atoms with Crippen molar-refractivity contribution in [2.45, 2.75) is 38.3 Å². The quantitative estimate of drug-likeness (QED) is 0.830. The van der Waals surface area contributed by atoms with E-state index in [4.69, 9.17) is 4.74 Å². The first-order chi connectivity index (χ1) is 10.4. The van der Waals surface area contributed by atoms with E-state index in [0.717, 1.165) is 38.4 Å². The summed E-state index contributed by atoms with van der Waals surface area (Å²) in [6.45, 7) is 1.73. The van der Waals surface area contributed by atoms with E-state index in [0.29, 0.717) is 6.04 Å². The van der Waals surface area contributed by atoms with Gasteiger partial charge in [-0.2, -0.15) is 0 Å². The average Bonchev–Trinajstić information content (AvgIpc) is 2.95. The van der Waals surface area contributed by atoms with Gasteiger partial charge in [0.25, 0.3) is 0 Å². The Kier molecular flexibility index (Phi) is 4.55. The SMILES string of the molecule is COCCCn1ccnc1NC1CCc2ccccc2C1. The molecule has 0 spiro atoms. The van der Waals surface area contributed by atoms with E-state index in [1.807, 2.05) is 12.4 Å². The van der Waals surface area contributed by atoms with Gasteiger partial charge in [0.05, 0.1) is 0 Å². The van der Waals surface area contributed by atoms with E-state index >= 15 is 0 Å². The number of anilines is 1. The fraction of sp³-hybridized carbons (Fsp3) is 0.471. The average molecular weight is 285 g/mol. The summed E-state index contributed by atoms with van der Waals surface area (Å²) in [4.78, 5) is 4.46. The molecule has 3 rings (SSSR count). The Morgan fingerprint density at radius 3 is 3.05 bits per heavy atom. The van der Waals surface area contributed by atoms with Crippen LogP contribution in [0.2, 0.25) is 0 Å². The standard InChI is InChI=1S/C17H23N3O/c1-21-12-4-10-20-11-9-18-17(20)19-16-8-7-14-5-2-3-6-15(14)13-16/h2-3,5-6,9,11,16H,4,7-8,10,12-13H2,1H3,(H,18,19). The van der Waals surface area contributed by atoms with E-state index in [2.05, 4.69) is 39.1 Å². The summed E-state index contributed by atoms with van der Waals surface area (Å²) < 4.78 is 7.29. The second-order valence-electron chi connectivity index (χ2n) is 5.64. The van der Waals surface area contributed by atoms with Crippen molar-refractivity contribution in [1.29, 1.82) is 0 Å². The fourth-order valence-electron chi connectivity index (χ4n) is 3.01. The number of hydrogen-bond acceptors (Lipinski definition) is 3. The molecule has 1 atom stereocenters. The Morgan fingerprint density at radius 1 is 1.33 bits per heavy atom. The van der Waals surface area contributed by atoms with Crippen molar-refractivity contribution < 1.29 is 4.74 Å². The number of ether oxygens (including phenoxy) is 1. The van der Waals surface area contributed by atoms with E-state index in [1.165, 1.54) is 17.5 Å². The van der Waals surface area contributed by atoms with Crippen molar-refractivity contribution in [2.24, 2.45) is 0 Å². The molecule has 0 bridgehead atoms.